The standard InChI is InChI=1S/C27H23F4N9/c1-37(2)22-14-39(8-6-27(22,30)31)25-26-34-23(15-4-5-16(13-32)18(28)10-15)24(40(26)9-7-33-25)17-11-20-21(12-19(17)29)38(3)36-35-20/h4-5,7,9-12,22H,6,8,14H2,1-3H3/t22-/m0/s1. The molecule has 5 aromatic rings. The monoisotopic (exact) mass is 549 g/mol. The Bertz CT molecular complexity index is 1820. The van der Waals surface area contributed by atoms with Crippen LogP contribution in [0.2, 0.25) is 0 Å². The number of likely N-dealkylation sites (N-methyl/N-ethyl adjacent to an activating group) is 1. The molecule has 0 saturated carbocycles. The molecular formula is C27H23F4N9. The molecule has 0 bridgehead atoms. The molecule has 0 aliphatic carbocycles. The van der Waals surface area contributed by atoms with Crippen molar-refractivity contribution in [1.29, 1.82) is 5.26 Å². The second kappa shape index (κ2) is 9.27. The van der Waals surface area contributed by atoms with E-state index in [4.69, 9.17) is 4.98 Å². The highest BCUT2D eigenvalue weighted by Crippen LogP contribution is 2.39. The summed E-state index contributed by atoms with van der Waals surface area (Å²) in [4.78, 5) is 12.5. The fraction of sp³-hybridized carbons (Fsp3) is 0.296. The average molecular weight is 550 g/mol. The third kappa shape index (κ3) is 4.03. The topological polar surface area (TPSA) is 91.2 Å². The maximum Gasteiger partial charge on any atom is 0.266 e. The molecule has 1 fully saturated rings. The number of aromatic nitrogens is 6. The van der Waals surface area contributed by atoms with Gasteiger partial charge in [-0.25, -0.2) is 32.2 Å². The summed E-state index contributed by atoms with van der Waals surface area (Å²) in [6.45, 7) is 0.0303. The number of anilines is 1. The van der Waals surface area contributed by atoms with Gasteiger partial charge in [0.05, 0.1) is 28.5 Å². The molecule has 40 heavy (non-hydrogen) atoms. The molecule has 0 N–H and O–H groups in total. The number of rotatable bonds is 4. The van der Waals surface area contributed by atoms with Crippen molar-refractivity contribution in [2.75, 3.05) is 32.1 Å². The molecule has 6 rings (SSSR count). The van der Waals surface area contributed by atoms with E-state index >= 15 is 4.39 Å². The van der Waals surface area contributed by atoms with Gasteiger partial charge in [-0.05, 0) is 32.3 Å². The molecule has 1 saturated heterocycles. The summed E-state index contributed by atoms with van der Waals surface area (Å²) in [6, 6.07) is 7.60. The quantitative estimate of drug-likeness (QED) is 0.309. The van der Waals surface area contributed by atoms with Crippen LogP contribution >= 0.6 is 0 Å². The lowest BCUT2D eigenvalue weighted by atomic mass is 10.00. The Morgan fingerprint density at radius 2 is 1.93 bits per heavy atom. The third-order valence-corrected chi connectivity index (χ3v) is 7.36. The van der Waals surface area contributed by atoms with Crippen LogP contribution in [-0.2, 0) is 7.05 Å². The van der Waals surface area contributed by atoms with Gasteiger partial charge in [-0.15, -0.1) is 5.10 Å². The summed E-state index contributed by atoms with van der Waals surface area (Å²) in [5.74, 6) is -3.88. The molecular weight excluding hydrogens is 526 g/mol. The van der Waals surface area contributed by atoms with Crippen LogP contribution in [0.4, 0.5) is 23.4 Å². The number of nitriles is 1. The van der Waals surface area contributed by atoms with E-state index < -0.39 is 23.6 Å². The highest BCUT2D eigenvalue weighted by molar-refractivity contribution is 5.89. The van der Waals surface area contributed by atoms with Crippen molar-refractivity contribution in [2.24, 2.45) is 7.05 Å². The van der Waals surface area contributed by atoms with Crippen molar-refractivity contribution in [1.82, 2.24) is 34.3 Å². The number of benzene rings is 2. The van der Waals surface area contributed by atoms with Crippen LogP contribution < -0.4 is 4.90 Å². The molecule has 0 amide bonds. The molecule has 13 heteroatoms. The Morgan fingerprint density at radius 1 is 1.12 bits per heavy atom. The average Bonchev–Trinajstić information content (AvgIpc) is 3.48. The van der Waals surface area contributed by atoms with Crippen LogP contribution in [0.15, 0.2) is 42.7 Å². The lowest BCUT2D eigenvalue weighted by molar-refractivity contribution is -0.0816. The first-order valence-electron chi connectivity index (χ1n) is 12.4. The predicted molar refractivity (Wildman–Crippen MR) is 140 cm³/mol. The van der Waals surface area contributed by atoms with Crippen molar-refractivity contribution in [3.63, 3.8) is 0 Å². The van der Waals surface area contributed by atoms with Crippen LogP contribution in [0, 0.1) is 23.0 Å². The minimum Gasteiger partial charge on any atom is -0.351 e. The Kier molecular flexibility index (Phi) is 5.95. The van der Waals surface area contributed by atoms with Gasteiger partial charge >= 0.3 is 0 Å². The third-order valence-electron chi connectivity index (χ3n) is 7.36. The van der Waals surface area contributed by atoms with E-state index in [0.717, 1.165) is 0 Å². The summed E-state index contributed by atoms with van der Waals surface area (Å²) in [5.41, 5.74) is 2.02. The van der Waals surface area contributed by atoms with Crippen LogP contribution in [-0.4, -0.2) is 73.4 Å². The lowest BCUT2D eigenvalue weighted by Crippen LogP contribution is -2.57. The zero-order valence-corrected chi connectivity index (χ0v) is 21.8. The molecule has 3 aromatic heterocycles. The van der Waals surface area contributed by atoms with Gasteiger partial charge in [-0.2, -0.15) is 5.26 Å². The molecule has 2 aromatic carbocycles. The second-order valence-corrected chi connectivity index (χ2v) is 10.0. The number of imidazole rings is 1. The Morgan fingerprint density at radius 3 is 2.65 bits per heavy atom. The van der Waals surface area contributed by atoms with E-state index in [-0.39, 0.29) is 36.3 Å². The van der Waals surface area contributed by atoms with Gasteiger partial charge < -0.3 is 4.90 Å². The van der Waals surface area contributed by atoms with Crippen molar-refractivity contribution in [2.45, 2.75) is 18.4 Å². The zero-order chi connectivity index (χ0) is 28.3. The van der Waals surface area contributed by atoms with E-state index in [1.807, 2.05) is 0 Å². The van der Waals surface area contributed by atoms with Gasteiger partial charge in [-0.3, -0.25) is 9.30 Å². The molecule has 0 unspecified atom stereocenters. The predicted octanol–water partition coefficient (Wildman–Crippen LogP) is 4.27. The maximum atomic E-state index is 15.7. The maximum absolute atomic E-state index is 15.7. The van der Waals surface area contributed by atoms with Crippen LogP contribution in [0.5, 0.6) is 0 Å². The van der Waals surface area contributed by atoms with E-state index in [1.54, 1.807) is 42.7 Å². The SMILES string of the molecule is CN(C)[C@H]1CN(c2nccn3c(-c4cc5nnn(C)c5cc4F)c(-c4ccc(C#N)c(F)c4)nc23)CCC1(F)F. The minimum atomic E-state index is -2.88. The molecule has 4 heterocycles. The Labute approximate surface area is 225 Å². The molecule has 9 nitrogen and oxygen atoms in total. The molecule has 204 valence electrons. The minimum absolute atomic E-state index is 0.00435. The van der Waals surface area contributed by atoms with Crippen LogP contribution in [0.25, 0.3) is 39.2 Å². The van der Waals surface area contributed by atoms with Crippen molar-refractivity contribution in [3.8, 4) is 28.6 Å². The van der Waals surface area contributed by atoms with E-state index in [0.29, 0.717) is 33.8 Å². The second-order valence-electron chi connectivity index (χ2n) is 10.0. The largest absolute Gasteiger partial charge is 0.351 e. The van der Waals surface area contributed by atoms with Gasteiger partial charge in [0.25, 0.3) is 5.92 Å². The number of nitrogens with zero attached hydrogens (tertiary/aromatic N) is 9. The summed E-state index contributed by atoms with van der Waals surface area (Å²) >= 11 is 0. The number of hydrogen-bond acceptors (Lipinski definition) is 7. The van der Waals surface area contributed by atoms with E-state index in [2.05, 4.69) is 15.3 Å². The molecule has 0 radical (unpaired) electrons. The molecule has 0 spiro atoms. The first-order valence-corrected chi connectivity index (χ1v) is 12.4. The first-order chi connectivity index (χ1) is 19.1. The van der Waals surface area contributed by atoms with Crippen LogP contribution in [0.1, 0.15) is 12.0 Å². The van der Waals surface area contributed by atoms with Gasteiger partial charge in [0.15, 0.2) is 11.5 Å². The normalized spacial score (nSPS) is 17.2. The zero-order valence-electron chi connectivity index (χ0n) is 21.8. The van der Waals surface area contributed by atoms with Gasteiger partial charge in [0.1, 0.15) is 23.2 Å². The fourth-order valence-corrected chi connectivity index (χ4v) is 5.25. The molecule has 1 aliphatic heterocycles. The number of alkyl halides is 2. The summed E-state index contributed by atoms with van der Waals surface area (Å²) in [7, 11) is 4.86. The van der Waals surface area contributed by atoms with E-state index in [9.17, 15) is 18.4 Å². The van der Waals surface area contributed by atoms with E-state index in [1.165, 1.54) is 46.1 Å². The Balaban J connectivity index is 1.60. The smallest absolute Gasteiger partial charge is 0.266 e. The van der Waals surface area contributed by atoms with Crippen molar-refractivity contribution in [3.05, 3.63) is 59.9 Å². The first kappa shape index (κ1) is 25.7. The Hall–Kier alpha value is -4.57. The molecule has 1 aliphatic rings. The summed E-state index contributed by atoms with van der Waals surface area (Å²) in [6.07, 6.45) is 2.71. The summed E-state index contributed by atoms with van der Waals surface area (Å²) in [5, 5.41) is 17.3. The number of aryl methyl sites for hydroxylation is 1. The fourth-order valence-electron chi connectivity index (χ4n) is 5.25. The van der Waals surface area contributed by atoms with Gasteiger partial charge in [0, 0.05) is 56.1 Å². The highest BCUT2D eigenvalue weighted by atomic mass is 19.3. The van der Waals surface area contributed by atoms with Crippen LogP contribution in [0.3, 0.4) is 0 Å². The molecule has 1 atom stereocenters. The number of piperidine rings is 1. The summed E-state index contributed by atoms with van der Waals surface area (Å²) < 4.78 is 62.9. The lowest BCUT2D eigenvalue weighted by Gasteiger charge is -2.41. The highest BCUT2D eigenvalue weighted by Gasteiger charge is 2.46. The van der Waals surface area contributed by atoms with Gasteiger partial charge in [-0.1, -0.05) is 11.3 Å². The van der Waals surface area contributed by atoms with Crippen molar-refractivity contribution < 1.29 is 17.6 Å². The van der Waals surface area contributed by atoms with Crippen molar-refractivity contribution >= 4 is 22.5 Å². The number of fused-ring (bicyclic) bond motifs is 2. The van der Waals surface area contributed by atoms with Gasteiger partial charge in [0.2, 0.25) is 0 Å². The number of halogens is 4. The number of hydrogen-bond donors (Lipinski definition) is 0.